The maximum atomic E-state index is 11.6. The van der Waals surface area contributed by atoms with Crippen LogP contribution in [0.1, 0.15) is 13.8 Å². The largest absolute Gasteiger partial charge is 0.325 e. The lowest BCUT2D eigenvalue weighted by molar-refractivity contribution is -0.142. The van der Waals surface area contributed by atoms with Gasteiger partial charge in [-0.2, -0.15) is 0 Å². The zero-order chi connectivity index (χ0) is 9.30. The van der Waals surface area contributed by atoms with Gasteiger partial charge in [-0.3, -0.25) is 9.69 Å². The highest BCUT2D eigenvalue weighted by molar-refractivity contribution is 5.82. The predicted molar refractivity (Wildman–Crippen MR) is 47.5 cm³/mol. The molecule has 1 fully saturated rings. The van der Waals surface area contributed by atoms with E-state index < -0.39 is 0 Å². The molecular formula is C8H17N3O. The molecule has 2 N–H and O–H groups in total. The smallest absolute Gasteiger partial charge is 0.240 e. The van der Waals surface area contributed by atoms with E-state index in [0.29, 0.717) is 0 Å². The SMILES string of the molecule is CC1C(=O)N(C(C)N)CCN1C. The average Bonchev–Trinajstić information content (AvgIpc) is 2.00. The molecule has 0 saturated carbocycles. The standard InChI is InChI=1S/C8H17N3O/c1-6-8(12)11(7(2)9)5-4-10(6)3/h6-7H,4-5,9H2,1-3H3. The molecule has 0 aromatic rings. The Bertz CT molecular complexity index is 181. The van der Waals surface area contributed by atoms with Crippen molar-refractivity contribution in [3.05, 3.63) is 0 Å². The summed E-state index contributed by atoms with van der Waals surface area (Å²) in [5.41, 5.74) is 5.65. The maximum absolute atomic E-state index is 11.6. The van der Waals surface area contributed by atoms with E-state index in [0.717, 1.165) is 13.1 Å². The molecule has 1 rings (SSSR count). The molecule has 0 spiro atoms. The lowest BCUT2D eigenvalue weighted by Gasteiger charge is -2.38. The predicted octanol–water partition coefficient (Wildman–Crippen LogP) is -0.546. The summed E-state index contributed by atoms with van der Waals surface area (Å²) in [7, 11) is 1.96. The monoisotopic (exact) mass is 171 g/mol. The molecule has 1 amide bonds. The minimum atomic E-state index is -0.159. The Morgan fingerprint density at radius 1 is 1.58 bits per heavy atom. The van der Waals surface area contributed by atoms with Crippen LogP contribution in [0.15, 0.2) is 0 Å². The minimum absolute atomic E-state index is 0.0234. The van der Waals surface area contributed by atoms with Crippen LogP contribution in [-0.2, 0) is 4.79 Å². The number of carbonyl (C=O) groups excluding carboxylic acids is 1. The Hall–Kier alpha value is -0.610. The van der Waals surface area contributed by atoms with Crippen molar-refractivity contribution in [3.63, 3.8) is 0 Å². The number of nitrogens with zero attached hydrogens (tertiary/aromatic N) is 2. The molecule has 1 aliphatic rings. The van der Waals surface area contributed by atoms with Crippen LogP contribution < -0.4 is 5.73 Å². The summed E-state index contributed by atoms with van der Waals surface area (Å²) in [6.07, 6.45) is -0.159. The molecule has 4 heteroatoms. The number of hydrogen-bond donors (Lipinski definition) is 1. The number of hydrogen-bond acceptors (Lipinski definition) is 3. The van der Waals surface area contributed by atoms with E-state index in [2.05, 4.69) is 0 Å². The first-order chi connectivity index (χ1) is 5.54. The van der Waals surface area contributed by atoms with Crippen LogP contribution in [0.3, 0.4) is 0 Å². The third-order valence-electron chi connectivity index (χ3n) is 2.49. The van der Waals surface area contributed by atoms with Gasteiger partial charge < -0.3 is 10.6 Å². The van der Waals surface area contributed by atoms with E-state index in [1.54, 1.807) is 4.90 Å². The number of rotatable bonds is 1. The van der Waals surface area contributed by atoms with E-state index in [-0.39, 0.29) is 18.1 Å². The van der Waals surface area contributed by atoms with Crippen LogP contribution in [0.2, 0.25) is 0 Å². The van der Waals surface area contributed by atoms with E-state index in [1.807, 2.05) is 25.8 Å². The molecule has 4 nitrogen and oxygen atoms in total. The highest BCUT2D eigenvalue weighted by Gasteiger charge is 2.30. The van der Waals surface area contributed by atoms with Crippen LogP contribution in [-0.4, -0.2) is 48.1 Å². The van der Waals surface area contributed by atoms with Crippen LogP contribution in [0.5, 0.6) is 0 Å². The van der Waals surface area contributed by atoms with Crippen LogP contribution in [0, 0.1) is 0 Å². The van der Waals surface area contributed by atoms with Gasteiger partial charge in [-0.1, -0.05) is 0 Å². The number of amides is 1. The van der Waals surface area contributed by atoms with Crippen LogP contribution in [0.4, 0.5) is 0 Å². The van der Waals surface area contributed by atoms with Crippen molar-refractivity contribution in [2.45, 2.75) is 26.1 Å². The van der Waals surface area contributed by atoms with Gasteiger partial charge in [-0.05, 0) is 20.9 Å². The van der Waals surface area contributed by atoms with Gasteiger partial charge in [0.2, 0.25) is 5.91 Å². The molecule has 0 aromatic carbocycles. The zero-order valence-electron chi connectivity index (χ0n) is 7.95. The fourth-order valence-corrected chi connectivity index (χ4v) is 1.40. The van der Waals surface area contributed by atoms with Gasteiger partial charge in [0.05, 0.1) is 12.2 Å². The summed E-state index contributed by atoms with van der Waals surface area (Å²) in [6, 6.07) is -0.0234. The van der Waals surface area contributed by atoms with E-state index >= 15 is 0 Å². The van der Waals surface area contributed by atoms with E-state index in [9.17, 15) is 4.79 Å². The highest BCUT2D eigenvalue weighted by atomic mass is 16.2. The molecule has 2 atom stereocenters. The van der Waals surface area contributed by atoms with Gasteiger partial charge >= 0.3 is 0 Å². The van der Waals surface area contributed by atoms with Crippen molar-refractivity contribution in [1.29, 1.82) is 0 Å². The molecule has 12 heavy (non-hydrogen) atoms. The first-order valence-corrected chi connectivity index (χ1v) is 4.30. The third-order valence-corrected chi connectivity index (χ3v) is 2.49. The molecular weight excluding hydrogens is 154 g/mol. The van der Waals surface area contributed by atoms with E-state index in [4.69, 9.17) is 5.73 Å². The first kappa shape index (κ1) is 9.48. The summed E-state index contributed by atoms with van der Waals surface area (Å²) in [5.74, 6) is 0.138. The highest BCUT2D eigenvalue weighted by Crippen LogP contribution is 2.09. The Morgan fingerprint density at radius 2 is 2.17 bits per heavy atom. The van der Waals surface area contributed by atoms with Crippen molar-refractivity contribution >= 4 is 5.91 Å². The number of nitrogens with two attached hydrogens (primary N) is 1. The minimum Gasteiger partial charge on any atom is -0.325 e. The second-order valence-electron chi connectivity index (χ2n) is 3.43. The van der Waals surface area contributed by atoms with Crippen molar-refractivity contribution in [1.82, 2.24) is 9.80 Å². The number of likely N-dealkylation sites (N-methyl/N-ethyl adjacent to an activating group) is 1. The first-order valence-electron chi connectivity index (χ1n) is 4.30. The topological polar surface area (TPSA) is 49.6 Å². The van der Waals surface area contributed by atoms with Crippen LogP contribution >= 0.6 is 0 Å². The molecule has 0 aromatic heterocycles. The van der Waals surface area contributed by atoms with Crippen molar-refractivity contribution in [3.8, 4) is 0 Å². The van der Waals surface area contributed by atoms with E-state index in [1.165, 1.54) is 0 Å². The second-order valence-corrected chi connectivity index (χ2v) is 3.43. The normalized spacial score (nSPS) is 29.2. The summed E-state index contributed by atoms with van der Waals surface area (Å²) in [6.45, 7) is 5.42. The molecule has 1 heterocycles. The van der Waals surface area contributed by atoms with Gasteiger partial charge in [0, 0.05) is 13.1 Å². The molecule has 0 aliphatic carbocycles. The number of piperazine rings is 1. The molecule has 70 valence electrons. The van der Waals surface area contributed by atoms with Gasteiger partial charge in [-0.25, -0.2) is 0 Å². The van der Waals surface area contributed by atoms with Crippen molar-refractivity contribution in [2.75, 3.05) is 20.1 Å². The molecule has 0 radical (unpaired) electrons. The third kappa shape index (κ3) is 1.59. The summed E-state index contributed by atoms with van der Waals surface area (Å²) in [5, 5.41) is 0. The van der Waals surface area contributed by atoms with Crippen LogP contribution in [0.25, 0.3) is 0 Å². The molecule has 2 unspecified atom stereocenters. The Balaban J connectivity index is 2.65. The second kappa shape index (κ2) is 3.41. The molecule has 1 saturated heterocycles. The maximum Gasteiger partial charge on any atom is 0.240 e. The zero-order valence-corrected chi connectivity index (χ0v) is 7.95. The van der Waals surface area contributed by atoms with Gasteiger partial charge in [0.25, 0.3) is 0 Å². The molecule has 1 aliphatic heterocycles. The lowest BCUT2D eigenvalue weighted by atomic mass is 10.2. The Labute approximate surface area is 73.3 Å². The summed E-state index contributed by atoms with van der Waals surface area (Å²) >= 11 is 0. The quantitative estimate of drug-likeness (QED) is 0.576. The van der Waals surface area contributed by atoms with Crippen molar-refractivity contribution in [2.24, 2.45) is 5.73 Å². The molecule has 0 bridgehead atoms. The fraction of sp³-hybridized carbons (Fsp3) is 0.875. The van der Waals surface area contributed by atoms with Gasteiger partial charge in [-0.15, -0.1) is 0 Å². The van der Waals surface area contributed by atoms with Gasteiger partial charge in [0.15, 0.2) is 0 Å². The van der Waals surface area contributed by atoms with Gasteiger partial charge in [0.1, 0.15) is 0 Å². The van der Waals surface area contributed by atoms with Crippen molar-refractivity contribution < 1.29 is 4.79 Å². The lowest BCUT2D eigenvalue weighted by Crippen LogP contribution is -2.58. The fourth-order valence-electron chi connectivity index (χ4n) is 1.40. The Kier molecular flexibility index (Phi) is 2.69. The Morgan fingerprint density at radius 3 is 2.67 bits per heavy atom. The number of carbonyl (C=O) groups is 1. The summed E-state index contributed by atoms with van der Waals surface area (Å²) < 4.78 is 0. The summed E-state index contributed by atoms with van der Waals surface area (Å²) in [4.78, 5) is 15.4. The average molecular weight is 171 g/mol.